The molecule has 0 atom stereocenters. The summed E-state index contributed by atoms with van der Waals surface area (Å²) < 4.78 is 1.22. The van der Waals surface area contributed by atoms with Gasteiger partial charge in [-0.25, -0.2) is 0 Å². The van der Waals surface area contributed by atoms with Crippen LogP contribution in [0, 0.1) is 6.92 Å². The third kappa shape index (κ3) is 3.54. The van der Waals surface area contributed by atoms with Crippen molar-refractivity contribution in [2.75, 3.05) is 20.1 Å². The summed E-state index contributed by atoms with van der Waals surface area (Å²) in [5.41, 5.74) is 2.72. The van der Waals surface area contributed by atoms with E-state index in [4.69, 9.17) is 0 Å². The Bertz CT molecular complexity index is 370. The normalized spacial score (nSPS) is 18.5. The molecule has 0 saturated carbocycles. The van der Waals surface area contributed by atoms with Gasteiger partial charge >= 0.3 is 0 Å². The molecule has 0 aliphatic carbocycles. The summed E-state index contributed by atoms with van der Waals surface area (Å²) in [6.07, 6.45) is 2.53. The van der Waals surface area contributed by atoms with Crippen LogP contribution >= 0.6 is 15.9 Å². The lowest BCUT2D eigenvalue weighted by Gasteiger charge is -2.31. The van der Waals surface area contributed by atoms with Crippen LogP contribution in [0.2, 0.25) is 0 Å². The van der Waals surface area contributed by atoms with Crippen molar-refractivity contribution in [1.29, 1.82) is 0 Å². The number of nitrogens with one attached hydrogen (secondary N) is 1. The number of piperidine rings is 1. The molecule has 17 heavy (non-hydrogen) atoms. The number of benzene rings is 1. The van der Waals surface area contributed by atoms with Gasteiger partial charge in [0.15, 0.2) is 0 Å². The molecule has 1 saturated heterocycles. The van der Waals surface area contributed by atoms with Gasteiger partial charge in [-0.1, -0.05) is 28.1 Å². The van der Waals surface area contributed by atoms with E-state index in [0.29, 0.717) is 0 Å². The summed E-state index contributed by atoms with van der Waals surface area (Å²) in [5, 5.41) is 3.37. The molecule has 2 nitrogen and oxygen atoms in total. The summed E-state index contributed by atoms with van der Waals surface area (Å²) in [6.45, 7) is 5.62. The average molecular weight is 297 g/mol. The lowest BCUT2D eigenvalue weighted by Crippen LogP contribution is -2.40. The van der Waals surface area contributed by atoms with Crippen LogP contribution in [0.4, 0.5) is 0 Å². The predicted molar refractivity (Wildman–Crippen MR) is 76.2 cm³/mol. The largest absolute Gasteiger partial charge is 0.317 e. The van der Waals surface area contributed by atoms with Gasteiger partial charge in [0.1, 0.15) is 0 Å². The minimum atomic E-state index is 0.719. The van der Waals surface area contributed by atoms with Crippen LogP contribution in [0.1, 0.15) is 24.0 Å². The van der Waals surface area contributed by atoms with Crippen molar-refractivity contribution in [2.45, 2.75) is 32.4 Å². The third-order valence-corrected chi connectivity index (χ3v) is 4.49. The van der Waals surface area contributed by atoms with Crippen LogP contribution in [0.25, 0.3) is 0 Å². The van der Waals surface area contributed by atoms with Gasteiger partial charge in [0.2, 0.25) is 0 Å². The Labute approximate surface area is 113 Å². The fourth-order valence-electron chi connectivity index (χ4n) is 2.37. The highest BCUT2D eigenvalue weighted by atomic mass is 79.9. The van der Waals surface area contributed by atoms with Crippen LogP contribution in [-0.2, 0) is 6.54 Å². The highest BCUT2D eigenvalue weighted by molar-refractivity contribution is 9.10. The number of rotatable bonds is 3. The first kappa shape index (κ1) is 13.1. The van der Waals surface area contributed by atoms with Crippen LogP contribution < -0.4 is 5.32 Å². The Hall–Kier alpha value is -0.380. The number of likely N-dealkylation sites (tertiary alicyclic amines) is 1. The van der Waals surface area contributed by atoms with E-state index >= 15 is 0 Å². The molecule has 0 bridgehead atoms. The van der Waals surface area contributed by atoms with E-state index in [0.717, 1.165) is 12.6 Å². The molecule has 0 spiro atoms. The Morgan fingerprint density at radius 3 is 2.65 bits per heavy atom. The Morgan fingerprint density at radius 1 is 1.35 bits per heavy atom. The maximum Gasteiger partial charge on any atom is 0.0234 e. The first-order valence-electron chi connectivity index (χ1n) is 6.33. The quantitative estimate of drug-likeness (QED) is 0.923. The van der Waals surface area contributed by atoms with E-state index in [1.165, 1.54) is 41.5 Å². The first-order chi connectivity index (χ1) is 8.19. The number of aryl methyl sites for hydroxylation is 1. The van der Waals surface area contributed by atoms with E-state index < -0.39 is 0 Å². The molecule has 3 heteroatoms. The smallest absolute Gasteiger partial charge is 0.0234 e. The van der Waals surface area contributed by atoms with Gasteiger partial charge in [-0.3, -0.25) is 4.90 Å². The van der Waals surface area contributed by atoms with Crippen molar-refractivity contribution in [1.82, 2.24) is 10.2 Å². The van der Waals surface area contributed by atoms with E-state index in [-0.39, 0.29) is 0 Å². The molecule has 1 aromatic carbocycles. The molecule has 0 amide bonds. The molecule has 0 unspecified atom stereocenters. The molecule has 1 N–H and O–H groups in total. The van der Waals surface area contributed by atoms with Crippen LogP contribution in [0.3, 0.4) is 0 Å². The van der Waals surface area contributed by atoms with E-state index in [1.54, 1.807) is 0 Å². The minimum absolute atomic E-state index is 0.719. The minimum Gasteiger partial charge on any atom is -0.317 e. The number of hydrogen-bond donors (Lipinski definition) is 1. The molecule has 1 aromatic rings. The van der Waals surface area contributed by atoms with E-state index in [9.17, 15) is 0 Å². The molecule has 1 fully saturated rings. The van der Waals surface area contributed by atoms with E-state index in [2.05, 4.69) is 58.3 Å². The summed E-state index contributed by atoms with van der Waals surface area (Å²) in [4.78, 5) is 2.55. The van der Waals surface area contributed by atoms with Gasteiger partial charge in [0.05, 0.1) is 0 Å². The van der Waals surface area contributed by atoms with E-state index in [1.807, 2.05) is 0 Å². The van der Waals surface area contributed by atoms with Gasteiger partial charge in [0.25, 0.3) is 0 Å². The summed E-state index contributed by atoms with van der Waals surface area (Å²) in [7, 11) is 2.07. The highest BCUT2D eigenvalue weighted by Gasteiger charge is 2.17. The average Bonchev–Trinajstić information content (AvgIpc) is 2.35. The number of nitrogens with zero attached hydrogens (tertiary/aromatic N) is 1. The monoisotopic (exact) mass is 296 g/mol. The number of halogens is 1. The Morgan fingerprint density at radius 2 is 2.06 bits per heavy atom. The molecule has 94 valence electrons. The zero-order valence-corrected chi connectivity index (χ0v) is 12.3. The van der Waals surface area contributed by atoms with Crippen molar-refractivity contribution in [2.24, 2.45) is 0 Å². The summed E-state index contributed by atoms with van der Waals surface area (Å²) in [5.74, 6) is 0. The molecular weight excluding hydrogens is 276 g/mol. The zero-order chi connectivity index (χ0) is 12.3. The van der Waals surface area contributed by atoms with Crippen molar-refractivity contribution < 1.29 is 0 Å². The van der Waals surface area contributed by atoms with Gasteiger partial charge in [-0.2, -0.15) is 0 Å². The van der Waals surface area contributed by atoms with Crippen LogP contribution in [-0.4, -0.2) is 31.1 Å². The maximum absolute atomic E-state index is 3.60. The topological polar surface area (TPSA) is 15.3 Å². The van der Waals surface area contributed by atoms with Gasteiger partial charge in [0, 0.05) is 17.1 Å². The molecule has 0 radical (unpaired) electrons. The lowest BCUT2D eigenvalue weighted by molar-refractivity contribution is 0.194. The summed E-state index contributed by atoms with van der Waals surface area (Å²) >= 11 is 3.60. The maximum atomic E-state index is 3.60. The van der Waals surface area contributed by atoms with Crippen molar-refractivity contribution in [3.63, 3.8) is 0 Å². The molecular formula is C14H21BrN2. The standard InChI is InChI=1S/C14H21BrN2/c1-11-3-4-12(9-14(11)15)10-17-7-5-13(16-2)6-8-17/h3-4,9,13,16H,5-8,10H2,1-2H3. The molecule has 1 heterocycles. The second-order valence-electron chi connectivity index (χ2n) is 4.92. The van der Waals surface area contributed by atoms with Gasteiger partial charge < -0.3 is 5.32 Å². The fourth-order valence-corrected chi connectivity index (χ4v) is 2.80. The molecule has 2 rings (SSSR count). The van der Waals surface area contributed by atoms with Crippen molar-refractivity contribution >= 4 is 15.9 Å². The predicted octanol–water partition coefficient (Wildman–Crippen LogP) is 2.94. The number of hydrogen-bond acceptors (Lipinski definition) is 2. The van der Waals surface area contributed by atoms with Crippen LogP contribution in [0.5, 0.6) is 0 Å². The van der Waals surface area contributed by atoms with Gasteiger partial charge in [-0.15, -0.1) is 0 Å². The van der Waals surface area contributed by atoms with Gasteiger partial charge in [-0.05, 0) is 57.1 Å². The molecule has 1 aliphatic heterocycles. The second-order valence-corrected chi connectivity index (χ2v) is 5.78. The molecule has 0 aromatic heterocycles. The summed E-state index contributed by atoms with van der Waals surface area (Å²) in [6, 6.07) is 7.40. The first-order valence-corrected chi connectivity index (χ1v) is 7.13. The molecule has 1 aliphatic rings. The fraction of sp³-hybridized carbons (Fsp3) is 0.571. The Balaban J connectivity index is 1.91. The van der Waals surface area contributed by atoms with Crippen molar-refractivity contribution in [3.8, 4) is 0 Å². The Kier molecular flexibility index (Phi) is 4.60. The third-order valence-electron chi connectivity index (χ3n) is 3.64. The SMILES string of the molecule is CNC1CCN(Cc2ccc(C)c(Br)c2)CC1. The highest BCUT2D eigenvalue weighted by Crippen LogP contribution is 2.20. The lowest BCUT2D eigenvalue weighted by atomic mass is 10.0. The second kappa shape index (κ2) is 5.98. The van der Waals surface area contributed by atoms with Crippen molar-refractivity contribution in [3.05, 3.63) is 33.8 Å². The van der Waals surface area contributed by atoms with Crippen LogP contribution in [0.15, 0.2) is 22.7 Å². The zero-order valence-electron chi connectivity index (χ0n) is 10.7.